The van der Waals surface area contributed by atoms with Crippen LogP contribution in [-0.2, 0) is 4.74 Å². The molecule has 0 saturated carbocycles. The van der Waals surface area contributed by atoms with Crippen LogP contribution in [0.25, 0.3) is 0 Å². The number of non-ortho nitro benzene ring substituents is 2. The number of amides is 2. The van der Waals surface area contributed by atoms with Gasteiger partial charge >= 0.3 is 5.97 Å². The highest BCUT2D eigenvalue weighted by atomic mass is 16.6. The molecular formula is C16H12N4O8. The van der Waals surface area contributed by atoms with Crippen molar-refractivity contribution in [1.82, 2.24) is 10.9 Å². The number of nitrogens with zero attached hydrogens (tertiary/aromatic N) is 2. The lowest BCUT2D eigenvalue weighted by molar-refractivity contribution is -0.385. The number of nitro groups is 2. The summed E-state index contributed by atoms with van der Waals surface area (Å²) in [6.45, 7) is 0. The standard InChI is InChI=1S/C16H12N4O8/c1-28-16(23)11-6-10(7-13(8-11)20(26)27)15(22)18-17-14(21)9-2-4-12(5-3-9)19(24)25/h2-8H,1H3,(H,17,21)(H,18,22). The number of esters is 1. The van der Waals surface area contributed by atoms with Gasteiger partial charge in [-0.2, -0.15) is 0 Å². The molecule has 12 nitrogen and oxygen atoms in total. The molecule has 12 heteroatoms. The highest BCUT2D eigenvalue weighted by Gasteiger charge is 2.19. The normalized spacial score (nSPS) is 9.89. The zero-order valence-corrected chi connectivity index (χ0v) is 14.2. The van der Waals surface area contributed by atoms with Crippen LogP contribution in [0.15, 0.2) is 42.5 Å². The molecule has 2 N–H and O–H groups in total. The van der Waals surface area contributed by atoms with Crippen LogP contribution in [0.2, 0.25) is 0 Å². The van der Waals surface area contributed by atoms with E-state index in [0.29, 0.717) is 0 Å². The van der Waals surface area contributed by atoms with Crippen molar-refractivity contribution >= 4 is 29.2 Å². The smallest absolute Gasteiger partial charge is 0.338 e. The number of hydrogen-bond donors (Lipinski definition) is 2. The molecule has 0 bridgehead atoms. The van der Waals surface area contributed by atoms with Crippen LogP contribution in [0.3, 0.4) is 0 Å². The number of rotatable bonds is 5. The molecule has 2 rings (SSSR count). The summed E-state index contributed by atoms with van der Waals surface area (Å²) in [5.41, 5.74) is 2.91. The third-order valence-electron chi connectivity index (χ3n) is 3.44. The molecule has 0 heterocycles. The summed E-state index contributed by atoms with van der Waals surface area (Å²) in [7, 11) is 1.07. The summed E-state index contributed by atoms with van der Waals surface area (Å²) in [4.78, 5) is 55.9. The Bertz CT molecular complexity index is 971. The van der Waals surface area contributed by atoms with Gasteiger partial charge in [-0.15, -0.1) is 0 Å². The monoisotopic (exact) mass is 388 g/mol. The van der Waals surface area contributed by atoms with Gasteiger partial charge in [0.05, 0.1) is 22.5 Å². The minimum Gasteiger partial charge on any atom is -0.465 e. The van der Waals surface area contributed by atoms with E-state index in [1.54, 1.807) is 0 Å². The van der Waals surface area contributed by atoms with Crippen molar-refractivity contribution in [3.05, 3.63) is 79.4 Å². The zero-order valence-electron chi connectivity index (χ0n) is 14.2. The van der Waals surface area contributed by atoms with Crippen LogP contribution in [0.5, 0.6) is 0 Å². The second-order valence-electron chi connectivity index (χ2n) is 5.23. The fourth-order valence-corrected chi connectivity index (χ4v) is 2.08. The van der Waals surface area contributed by atoms with Gasteiger partial charge in [-0.3, -0.25) is 40.7 Å². The van der Waals surface area contributed by atoms with Crippen molar-refractivity contribution in [2.45, 2.75) is 0 Å². The Balaban J connectivity index is 2.14. The molecule has 2 aromatic rings. The topological polar surface area (TPSA) is 171 Å². The third-order valence-corrected chi connectivity index (χ3v) is 3.44. The number of hydrazine groups is 1. The predicted octanol–water partition coefficient (Wildman–Crippen LogP) is 1.36. The fourth-order valence-electron chi connectivity index (χ4n) is 2.08. The highest BCUT2D eigenvalue weighted by Crippen LogP contribution is 2.18. The molecule has 0 aliphatic heterocycles. The van der Waals surface area contributed by atoms with Crippen molar-refractivity contribution in [3.63, 3.8) is 0 Å². The maximum atomic E-state index is 12.2. The number of carbonyl (C=O) groups is 3. The first-order valence-corrected chi connectivity index (χ1v) is 7.46. The van der Waals surface area contributed by atoms with E-state index in [1.807, 2.05) is 5.43 Å². The molecule has 2 aromatic carbocycles. The largest absolute Gasteiger partial charge is 0.465 e. The first-order chi connectivity index (χ1) is 13.2. The first-order valence-electron chi connectivity index (χ1n) is 7.46. The molecule has 0 radical (unpaired) electrons. The number of hydrogen-bond acceptors (Lipinski definition) is 8. The lowest BCUT2D eigenvalue weighted by Crippen LogP contribution is -2.41. The Morgan fingerprint density at radius 3 is 1.79 bits per heavy atom. The van der Waals surface area contributed by atoms with Gasteiger partial charge in [0.15, 0.2) is 0 Å². The molecule has 0 aliphatic carbocycles. The summed E-state index contributed by atoms with van der Waals surface area (Å²) in [5.74, 6) is -2.58. The maximum absolute atomic E-state index is 12.2. The van der Waals surface area contributed by atoms with Crippen LogP contribution in [-0.4, -0.2) is 34.7 Å². The van der Waals surface area contributed by atoms with Gasteiger partial charge in [-0.25, -0.2) is 4.79 Å². The van der Waals surface area contributed by atoms with E-state index in [-0.39, 0.29) is 22.4 Å². The third kappa shape index (κ3) is 4.63. The van der Waals surface area contributed by atoms with Crippen LogP contribution in [0, 0.1) is 20.2 Å². The molecule has 0 aromatic heterocycles. The molecule has 0 fully saturated rings. The Morgan fingerprint density at radius 2 is 1.29 bits per heavy atom. The molecule has 0 atom stereocenters. The quantitative estimate of drug-likeness (QED) is 0.439. The van der Waals surface area contributed by atoms with Gasteiger partial charge in [0.25, 0.3) is 23.2 Å². The van der Waals surface area contributed by atoms with E-state index in [1.165, 1.54) is 12.1 Å². The predicted molar refractivity (Wildman–Crippen MR) is 92.5 cm³/mol. The molecule has 0 saturated heterocycles. The molecule has 0 spiro atoms. The van der Waals surface area contributed by atoms with Gasteiger partial charge in [0.1, 0.15) is 0 Å². The first kappa shape index (κ1) is 20.0. The molecule has 0 aliphatic rings. The Labute approximate surface area is 156 Å². The lowest BCUT2D eigenvalue weighted by atomic mass is 10.1. The van der Waals surface area contributed by atoms with Crippen molar-refractivity contribution in [1.29, 1.82) is 0 Å². The summed E-state index contributed by atoms with van der Waals surface area (Å²) in [6, 6.07) is 7.51. The van der Waals surface area contributed by atoms with E-state index in [2.05, 4.69) is 10.2 Å². The summed E-state index contributed by atoms with van der Waals surface area (Å²) in [5, 5.41) is 21.6. The van der Waals surface area contributed by atoms with E-state index >= 15 is 0 Å². The summed E-state index contributed by atoms with van der Waals surface area (Å²) >= 11 is 0. The molecular weight excluding hydrogens is 376 g/mol. The minimum atomic E-state index is -0.927. The molecule has 144 valence electrons. The van der Waals surface area contributed by atoms with Gasteiger partial charge in [-0.1, -0.05) is 0 Å². The number of ether oxygens (including phenoxy) is 1. The van der Waals surface area contributed by atoms with Gasteiger partial charge in [0, 0.05) is 35.4 Å². The van der Waals surface area contributed by atoms with Crippen LogP contribution in [0.1, 0.15) is 31.1 Å². The van der Waals surface area contributed by atoms with E-state index in [9.17, 15) is 34.6 Å². The number of carbonyl (C=O) groups excluding carboxylic acids is 3. The average molecular weight is 388 g/mol. The maximum Gasteiger partial charge on any atom is 0.338 e. The van der Waals surface area contributed by atoms with Crippen LogP contribution >= 0.6 is 0 Å². The van der Waals surface area contributed by atoms with Crippen LogP contribution in [0.4, 0.5) is 11.4 Å². The van der Waals surface area contributed by atoms with Gasteiger partial charge < -0.3 is 4.74 Å². The zero-order chi connectivity index (χ0) is 20.8. The van der Waals surface area contributed by atoms with E-state index in [4.69, 9.17) is 0 Å². The number of nitrogens with one attached hydrogen (secondary N) is 2. The fraction of sp³-hybridized carbons (Fsp3) is 0.0625. The molecule has 28 heavy (non-hydrogen) atoms. The van der Waals surface area contributed by atoms with E-state index in [0.717, 1.165) is 37.4 Å². The number of nitro benzene ring substituents is 2. The van der Waals surface area contributed by atoms with Gasteiger partial charge in [-0.05, 0) is 18.2 Å². The summed E-state index contributed by atoms with van der Waals surface area (Å²) in [6.07, 6.45) is 0. The Kier molecular flexibility index (Phi) is 5.96. The minimum absolute atomic E-state index is 0.0280. The second kappa shape index (κ2) is 8.35. The SMILES string of the molecule is COC(=O)c1cc(C(=O)NNC(=O)c2ccc([N+](=O)[O-])cc2)cc([N+](=O)[O-])c1. The molecule has 0 unspecified atom stereocenters. The number of benzene rings is 2. The van der Waals surface area contributed by atoms with Crippen molar-refractivity contribution < 1.29 is 29.0 Å². The lowest BCUT2D eigenvalue weighted by Gasteiger charge is -2.08. The van der Waals surface area contributed by atoms with Gasteiger partial charge in [0.2, 0.25) is 0 Å². The van der Waals surface area contributed by atoms with Crippen molar-refractivity contribution in [2.75, 3.05) is 7.11 Å². The molecule has 2 amide bonds. The summed E-state index contributed by atoms with van der Waals surface area (Å²) < 4.78 is 4.48. The Hall–Kier alpha value is -4.35. The average Bonchev–Trinajstić information content (AvgIpc) is 2.70. The second-order valence-corrected chi connectivity index (χ2v) is 5.23. The van der Waals surface area contributed by atoms with Crippen molar-refractivity contribution in [3.8, 4) is 0 Å². The number of methoxy groups -OCH3 is 1. The van der Waals surface area contributed by atoms with Crippen LogP contribution < -0.4 is 10.9 Å². The van der Waals surface area contributed by atoms with Crippen molar-refractivity contribution in [2.24, 2.45) is 0 Å². The Morgan fingerprint density at radius 1 is 0.786 bits per heavy atom. The highest BCUT2D eigenvalue weighted by molar-refractivity contribution is 6.01. The van der Waals surface area contributed by atoms with E-state index < -0.39 is 33.3 Å².